The molecule has 0 aliphatic carbocycles. The number of nitrogens with zero attached hydrogens (tertiary/aromatic N) is 2. The van der Waals surface area contributed by atoms with Gasteiger partial charge in [0.05, 0.1) is 0 Å². The fraction of sp³-hybridized carbons (Fsp3) is 0.364. The molecule has 0 radical (unpaired) electrons. The maximum atomic E-state index is 12.3. The van der Waals surface area contributed by atoms with E-state index in [1.54, 1.807) is 23.7 Å². The second kappa shape index (κ2) is 13.5. The maximum Gasteiger partial charge on any atom is 0.224 e. The quantitative estimate of drug-likeness (QED) is 0.236. The van der Waals surface area contributed by atoms with Crippen molar-refractivity contribution in [1.82, 2.24) is 15.5 Å². The zero-order chi connectivity index (χ0) is 20.4. The number of aliphatic imine (C=N–C) groups is 1. The fourth-order valence-electron chi connectivity index (χ4n) is 2.82. The second-order valence-corrected chi connectivity index (χ2v) is 7.50. The van der Waals surface area contributed by atoms with Gasteiger partial charge < -0.3 is 15.5 Å². The van der Waals surface area contributed by atoms with Crippen molar-refractivity contribution in [1.29, 1.82) is 0 Å². The number of thioether (sulfide) groups is 1. The largest absolute Gasteiger partial charge is 0.356 e. The van der Waals surface area contributed by atoms with E-state index in [9.17, 15) is 4.79 Å². The Hall–Kier alpha value is -1.74. The van der Waals surface area contributed by atoms with E-state index in [4.69, 9.17) is 0 Å². The Labute approximate surface area is 195 Å². The Morgan fingerprint density at radius 2 is 1.86 bits per heavy atom. The molecule has 0 atom stereocenters. The minimum atomic E-state index is 0. The predicted octanol–water partition coefficient (Wildman–Crippen LogP) is 4.05. The molecule has 1 amide bonds. The number of hydrogen-bond acceptors (Lipinski definition) is 3. The van der Waals surface area contributed by atoms with E-state index < -0.39 is 0 Å². The molecule has 0 saturated heterocycles. The third kappa shape index (κ3) is 8.65. The minimum absolute atomic E-state index is 0. The number of hydrogen-bond donors (Lipinski definition) is 2. The first-order valence-electron chi connectivity index (χ1n) is 9.39. The monoisotopic (exact) mass is 526 g/mol. The van der Waals surface area contributed by atoms with Crippen molar-refractivity contribution < 1.29 is 4.79 Å². The molecule has 0 unspecified atom stereocenters. The molecule has 2 rings (SSSR count). The van der Waals surface area contributed by atoms with Crippen LogP contribution in [-0.4, -0.2) is 43.7 Å². The van der Waals surface area contributed by atoms with Crippen molar-refractivity contribution in [2.45, 2.75) is 31.3 Å². The molecule has 2 N–H and O–H groups in total. The number of rotatable bonds is 8. The van der Waals surface area contributed by atoms with E-state index in [0.717, 1.165) is 5.56 Å². The lowest BCUT2D eigenvalue weighted by Gasteiger charge is -2.18. The Morgan fingerprint density at radius 1 is 1.14 bits per heavy atom. The molecule has 0 heterocycles. The highest BCUT2D eigenvalue weighted by molar-refractivity contribution is 14.0. The van der Waals surface area contributed by atoms with E-state index in [0.29, 0.717) is 32.0 Å². The minimum Gasteiger partial charge on any atom is -0.356 e. The number of carbonyl (C=O) groups is 1. The summed E-state index contributed by atoms with van der Waals surface area (Å²) in [6.07, 6.45) is 2.51. The number of halogens is 1. The van der Waals surface area contributed by atoms with Gasteiger partial charge in [-0.1, -0.05) is 42.5 Å². The molecule has 5 nitrogen and oxygen atoms in total. The highest BCUT2D eigenvalue weighted by atomic mass is 127. The van der Waals surface area contributed by atoms with Crippen molar-refractivity contribution in [2.24, 2.45) is 4.99 Å². The van der Waals surface area contributed by atoms with Crippen LogP contribution in [0.25, 0.3) is 0 Å². The molecule has 0 aromatic heterocycles. The highest BCUT2D eigenvalue weighted by Crippen LogP contribution is 2.21. The lowest BCUT2D eigenvalue weighted by atomic mass is 10.1. The van der Waals surface area contributed by atoms with Gasteiger partial charge in [0, 0.05) is 45.0 Å². The summed E-state index contributed by atoms with van der Waals surface area (Å²) in [6, 6.07) is 16.5. The molecule has 0 spiro atoms. The zero-order valence-corrected chi connectivity index (χ0v) is 20.7. The highest BCUT2D eigenvalue weighted by Gasteiger charge is 2.10. The Balaban J connectivity index is 0.00000420. The third-order valence-corrected chi connectivity index (χ3v) is 5.25. The van der Waals surface area contributed by atoms with Crippen LogP contribution in [0, 0.1) is 6.92 Å². The molecule has 0 saturated carbocycles. The number of amides is 1. The van der Waals surface area contributed by atoms with Gasteiger partial charge in [0.1, 0.15) is 0 Å². The van der Waals surface area contributed by atoms with Crippen LogP contribution in [0.4, 0.5) is 0 Å². The fourth-order valence-corrected chi connectivity index (χ4v) is 3.53. The average Bonchev–Trinajstić information content (AvgIpc) is 2.71. The van der Waals surface area contributed by atoms with E-state index in [2.05, 4.69) is 47.0 Å². The molecule has 0 aliphatic rings. The van der Waals surface area contributed by atoms with Gasteiger partial charge in [-0.05, 0) is 35.9 Å². The summed E-state index contributed by atoms with van der Waals surface area (Å²) in [5.41, 5.74) is 3.62. The van der Waals surface area contributed by atoms with E-state index >= 15 is 0 Å². The van der Waals surface area contributed by atoms with Gasteiger partial charge in [0.2, 0.25) is 5.91 Å². The first-order chi connectivity index (χ1) is 13.5. The van der Waals surface area contributed by atoms with Gasteiger partial charge >= 0.3 is 0 Å². The van der Waals surface area contributed by atoms with Crippen molar-refractivity contribution in [3.05, 3.63) is 65.2 Å². The number of aryl methyl sites for hydroxylation is 1. The molecule has 2 aromatic carbocycles. The van der Waals surface area contributed by atoms with E-state index in [1.165, 1.54) is 16.0 Å². The number of nitrogens with one attached hydrogen (secondary N) is 2. The summed E-state index contributed by atoms with van der Waals surface area (Å²) in [4.78, 5) is 19.6. The first-order valence-corrected chi connectivity index (χ1v) is 10.6. The summed E-state index contributed by atoms with van der Waals surface area (Å²) >= 11 is 1.74. The summed E-state index contributed by atoms with van der Waals surface area (Å²) < 4.78 is 0. The molecular formula is C22H31IN4OS. The lowest BCUT2D eigenvalue weighted by Crippen LogP contribution is -2.39. The SMILES string of the molecule is CN=C(NCCC(=O)N(C)Cc1ccccc1)NCc1ccc(C)cc1SC.I. The smallest absolute Gasteiger partial charge is 0.224 e. The summed E-state index contributed by atoms with van der Waals surface area (Å²) in [6.45, 7) is 3.96. The topological polar surface area (TPSA) is 56.7 Å². The van der Waals surface area contributed by atoms with Gasteiger partial charge in [0.25, 0.3) is 0 Å². The molecule has 7 heteroatoms. The van der Waals surface area contributed by atoms with Crippen LogP contribution in [0.3, 0.4) is 0 Å². The molecular weight excluding hydrogens is 495 g/mol. The molecule has 29 heavy (non-hydrogen) atoms. The zero-order valence-electron chi connectivity index (χ0n) is 17.6. The van der Waals surface area contributed by atoms with Crippen LogP contribution in [0.5, 0.6) is 0 Å². The van der Waals surface area contributed by atoms with Gasteiger partial charge in [-0.2, -0.15) is 0 Å². The van der Waals surface area contributed by atoms with Crippen molar-refractivity contribution in [3.8, 4) is 0 Å². The van der Waals surface area contributed by atoms with Crippen LogP contribution < -0.4 is 10.6 Å². The maximum absolute atomic E-state index is 12.3. The van der Waals surface area contributed by atoms with Gasteiger partial charge in [-0.25, -0.2) is 0 Å². The Kier molecular flexibility index (Phi) is 11.8. The van der Waals surface area contributed by atoms with Gasteiger partial charge in [0.15, 0.2) is 5.96 Å². The van der Waals surface area contributed by atoms with Crippen LogP contribution in [0.2, 0.25) is 0 Å². The van der Waals surface area contributed by atoms with Crippen LogP contribution in [-0.2, 0) is 17.9 Å². The predicted molar refractivity (Wildman–Crippen MR) is 134 cm³/mol. The molecule has 0 fully saturated rings. The number of carbonyl (C=O) groups excluding carboxylic acids is 1. The van der Waals surface area contributed by atoms with E-state index in [-0.39, 0.29) is 29.9 Å². The summed E-state index contributed by atoms with van der Waals surface area (Å²) in [5.74, 6) is 0.807. The summed E-state index contributed by atoms with van der Waals surface area (Å²) in [7, 11) is 3.58. The van der Waals surface area contributed by atoms with Crippen LogP contribution in [0.1, 0.15) is 23.1 Å². The molecule has 0 bridgehead atoms. The average molecular weight is 526 g/mol. The van der Waals surface area contributed by atoms with E-state index in [1.807, 2.05) is 37.4 Å². The lowest BCUT2D eigenvalue weighted by molar-refractivity contribution is -0.130. The standard InChI is InChI=1S/C22H30N4OS.HI/c1-17-10-11-19(20(14-17)28-4)15-25-22(23-2)24-13-12-21(27)26(3)16-18-8-6-5-7-9-18;/h5-11,14H,12-13,15-16H2,1-4H3,(H2,23,24,25);1H. The van der Waals surface area contributed by atoms with Gasteiger partial charge in [-0.15, -0.1) is 35.7 Å². The number of guanidine groups is 1. The molecule has 2 aromatic rings. The third-order valence-electron chi connectivity index (χ3n) is 4.43. The first kappa shape index (κ1) is 25.3. The van der Waals surface area contributed by atoms with Crippen molar-refractivity contribution in [2.75, 3.05) is 26.9 Å². The van der Waals surface area contributed by atoms with Crippen molar-refractivity contribution >= 4 is 47.6 Å². The molecule has 0 aliphatic heterocycles. The Morgan fingerprint density at radius 3 is 2.52 bits per heavy atom. The van der Waals surface area contributed by atoms with Crippen LogP contribution in [0.15, 0.2) is 58.4 Å². The number of benzene rings is 2. The normalized spacial score (nSPS) is 10.8. The van der Waals surface area contributed by atoms with Gasteiger partial charge in [-0.3, -0.25) is 9.79 Å². The van der Waals surface area contributed by atoms with Crippen LogP contribution >= 0.6 is 35.7 Å². The Bertz CT molecular complexity index is 799. The second-order valence-electron chi connectivity index (χ2n) is 6.65. The summed E-state index contributed by atoms with van der Waals surface area (Å²) in [5, 5.41) is 6.55. The molecule has 158 valence electrons. The van der Waals surface area contributed by atoms with Crippen molar-refractivity contribution in [3.63, 3.8) is 0 Å².